The van der Waals surface area contributed by atoms with Crippen LogP contribution >= 0.6 is 0 Å². The molecule has 0 heterocycles. The Hall–Kier alpha value is -4.14. The van der Waals surface area contributed by atoms with E-state index in [0.29, 0.717) is 29.8 Å². The Morgan fingerprint density at radius 3 is 2.28 bits per heavy atom. The molecule has 0 saturated carbocycles. The van der Waals surface area contributed by atoms with Gasteiger partial charge >= 0.3 is 5.97 Å². The number of carbonyl (C=O) groups is 3. The molecule has 0 bridgehead atoms. The first-order chi connectivity index (χ1) is 15.3. The van der Waals surface area contributed by atoms with Crippen LogP contribution in [0.15, 0.2) is 59.7 Å². The number of phenols is 2. The molecule has 32 heavy (non-hydrogen) atoms. The molecule has 2 aromatic rings. The van der Waals surface area contributed by atoms with E-state index in [4.69, 9.17) is 0 Å². The summed E-state index contributed by atoms with van der Waals surface area (Å²) in [5.41, 5.74) is 3.86. The van der Waals surface area contributed by atoms with E-state index >= 15 is 0 Å². The lowest BCUT2D eigenvalue weighted by Crippen LogP contribution is -2.34. The number of hydrazone groups is 1. The van der Waals surface area contributed by atoms with Gasteiger partial charge in [0.15, 0.2) is 0 Å². The molecule has 0 spiro atoms. The fraction of sp³-hybridized carbons (Fsp3) is 0.217. The summed E-state index contributed by atoms with van der Waals surface area (Å²) in [6.45, 7) is 1.67. The lowest BCUT2D eigenvalue weighted by Gasteiger charge is -2.24. The van der Waals surface area contributed by atoms with Crippen molar-refractivity contribution in [1.29, 1.82) is 0 Å². The second-order valence-electron chi connectivity index (χ2n) is 7.40. The number of aromatic hydroxyl groups is 2. The van der Waals surface area contributed by atoms with Crippen molar-refractivity contribution in [2.75, 3.05) is 5.32 Å². The highest BCUT2D eigenvalue weighted by Crippen LogP contribution is 2.27. The average molecular weight is 437 g/mol. The van der Waals surface area contributed by atoms with Crippen molar-refractivity contribution < 1.29 is 29.7 Å². The monoisotopic (exact) mass is 437 g/mol. The molecule has 0 saturated heterocycles. The maximum Gasteiger partial charge on any atom is 0.307 e. The molecule has 9 nitrogen and oxygen atoms in total. The number of phenolic OH excluding ortho intramolecular Hbond substituents is 2. The number of hydrogen-bond acceptors (Lipinski definition) is 6. The molecule has 0 unspecified atom stereocenters. The number of carbonyl (C=O) groups excluding carboxylic acids is 2. The molecule has 1 aliphatic rings. The van der Waals surface area contributed by atoms with Crippen molar-refractivity contribution in [3.05, 3.63) is 65.7 Å². The van der Waals surface area contributed by atoms with E-state index < -0.39 is 23.7 Å². The molecular weight excluding hydrogens is 414 g/mol. The third kappa shape index (κ3) is 5.31. The minimum atomic E-state index is -0.988. The average Bonchev–Trinajstić information content (AvgIpc) is 2.79. The molecule has 0 aromatic heterocycles. The zero-order valence-electron chi connectivity index (χ0n) is 17.3. The first-order valence-corrected chi connectivity index (χ1v) is 9.92. The molecular formula is C23H23N3O6. The summed E-state index contributed by atoms with van der Waals surface area (Å²) >= 11 is 0. The van der Waals surface area contributed by atoms with Crippen molar-refractivity contribution in [3.8, 4) is 11.5 Å². The van der Waals surface area contributed by atoms with Crippen LogP contribution in [-0.2, 0) is 9.59 Å². The number of nitrogens with one attached hydrogen (secondary N) is 2. The third-order valence-electron chi connectivity index (χ3n) is 5.21. The molecule has 5 N–H and O–H groups in total. The molecule has 1 aliphatic carbocycles. The largest absolute Gasteiger partial charge is 0.508 e. The topological polar surface area (TPSA) is 148 Å². The maximum atomic E-state index is 12.5. The molecule has 2 amide bonds. The third-order valence-corrected chi connectivity index (χ3v) is 5.21. The van der Waals surface area contributed by atoms with Crippen molar-refractivity contribution in [3.63, 3.8) is 0 Å². The van der Waals surface area contributed by atoms with Crippen molar-refractivity contribution >= 4 is 29.2 Å². The molecule has 3 rings (SSSR count). The Kier molecular flexibility index (Phi) is 6.89. The van der Waals surface area contributed by atoms with E-state index in [1.54, 1.807) is 37.3 Å². The zero-order valence-corrected chi connectivity index (χ0v) is 17.3. The number of benzene rings is 2. The zero-order chi connectivity index (χ0) is 23.3. The summed E-state index contributed by atoms with van der Waals surface area (Å²) in [6.07, 6.45) is 4.30. The van der Waals surface area contributed by atoms with Gasteiger partial charge in [-0.15, -0.1) is 0 Å². The van der Waals surface area contributed by atoms with Gasteiger partial charge in [-0.05, 0) is 55.7 Å². The minimum absolute atomic E-state index is 0.114. The van der Waals surface area contributed by atoms with Crippen molar-refractivity contribution in [2.24, 2.45) is 16.9 Å². The predicted octanol–water partition coefficient (Wildman–Crippen LogP) is 2.86. The fourth-order valence-corrected chi connectivity index (χ4v) is 3.37. The van der Waals surface area contributed by atoms with Crippen LogP contribution in [0.4, 0.5) is 5.69 Å². The predicted molar refractivity (Wildman–Crippen MR) is 118 cm³/mol. The second kappa shape index (κ2) is 9.78. The highest BCUT2D eigenvalue weighted by molar-refractivity contribution is 6.02. The van der Waals surface area contributed by atoms with Crippen LogP contribution < -0.4 is 10.7 Å². The molecule has 9 heteroatoms. The Morgan fingerprint density at radius 2 is 1.62 bits per heavy atom. The number of carboxylic acid groups (broad SMARTS) is 1. The number of hydrogen-bond donors (Lipinski definition) is 5. The summed E-state index contributed by atoms with van der Waals surface area (Å²) in [7, 11) is 0. The molecule has 2 atom stereocenters. The van der Waals surface area contributed by atoms with Gasteiger partial charge in [0, 0.05) is 5.69 Å². The van der Waals surface area contributed by atoms with Crippen LogP contribution in [0.3, 0.4) is 0 Å². The van der Waals surface area contributed by atoms with E-state index in [1.165, 1.54) is 12.1 Å². The van der Waals surface area contributed by atoms with Gasteiger partial charge in [0.05, 0.1) is 23.1 Å². The van der Waals surface area contributed by atoms with Gasteiger partial charge < -0.3 is 20.6 Å². The van der Waals surface area contributed by atoms with E-state index in [0.717, 1.165) is 6.07 Å². The van der Waals surface area contributed by atoms with Gasteiger partial charge in [-0.25, -0.2) is 5.43 Å². The van der Waals surface area contributed by atoms with Gasteiger partial charge in [0.2, 0.25) is 5.91 Å². The van der Waals surface area contributed by atoms with Gasteiger partial charge in [-0.1, -0.05) is 24.3 Å². The Morgan fingerprint density at radius 1 is 0.969 bits per heavy atom. The number of allylic oxidation sites excluding steroid dienone is 2. The SMILES string of the molecule is C/C(=N/NC(=O)c1cc(O)ccc1O)c1ccc(NC(=O)[C@H]2CC=CC[C@H]2C(=O)O)cc1. The number of nitrogens with zero attached hydrogens (tertiary/aromatic N) is 1. The van der Waals surface area contributed by atoms with Gasteiger partial charge in [0.25, 0.3) is 5.91 Å². The van der Waals surface area contributed by atoms with Crippen molar-refractivity contribution in [2.45, 2.75) is 19.8 Å². The van der Waals surface area contributed by atoms with Crippen LogP contribution in [0.2, 0.25) is 0 Å². The number of amides is 2. The molecule has 0 fully saturated rings. The number of anilines is 1. The number of aliphatic carboxylic acids is 1. The Labute approximate surface area is 184 Å². The Bertz CT molecular complexity index is 1090. The quantitative estimate of drug-likeness (QED) is 0.203. The molecule has 2 aromatic carbocycles. The number of carboxylic acids is 1. The van der Waals surface area contributed by atoms with Crippen LogP contribution in [0.5, 0.6) is 11.5 Å². The van der Waals surface area contributed by atoms with Crippen molar-refractivity contribution in [1.82, 2.24) is 5.43 Å². The first kappa shape index (κ1) is 22.5. The van der Waals surface area contributed by atoms with Crippen LogP contribution in [-0.4, -0.2) is 38.8 Å². The Balaban J connectivity index is 1.64. The van der Waals surface area contributed by atoms with E-state index in [9.17, 15) is 29.7 Å². The summed E-state index contributed by atoms with van der Waals surface area (Å²) in [5.74, 6) is -3.85. The van der Waals surface area contributed by atoms with E-state index in [1.807, 2.05) is 6.08 Å². The molecule has 166 valence electrons. The second-order valence-corrected chi connectivity index (χ2v) is 7.40. The van der Waals surface area contributed by atoms with Gasteiger partial charge in [-0.3, -0.25) is 14.4 Å². The summed E-state index contributed by atoms with van der Waals surface area (Å²) < 4.78 is 0. The lowest BCUT2D eigenvalue weighted by molar-refractivity contribution is -0.146. The minimum Gasteiger partial charge on any atom is -0.508 e. The molecule has 0 aliphatic heterocycles. The van der Waals surface area contributed by atoms with Crippen LogP contribution in [0.1, 0.15) is 35.7 Å². The van der Waals surface area contributed by atoms with Crippen LogP contribution in [0.25, 0.3) is 0 Å². The maximum absolute atomic E-state index is 12.5. The van der Waals surface area contributed by atoms with Gasteiger partial charge in [-0.2, -0.15) is 5.10 Å². The summed E-state index contributed by atoms with van der Waals surface area (Å²) in [4.78, 5) is 36.1. The summed E-state index contributed by atoms with van der Waals surface area (Å²) in [5, 5.41) is 35.3. The first-order valence-electron chi connectivity index (χ1n) is 9.92. The van der Waals surface area contributed by atoms with E-state index in [2.05, 4.69) is 15.8 Å². The highest BCUT2D eigenvalue weighted by Gasteiger charge is 2.33. The standard InChI is InChI=1S/C23H23N3O6/c1-13(25-26-22(30)19-12-16(27)10-11-20(19)28)14-6-8-15(9-7-14)24-21(29)17-4-2-3-5-18(17)23(31)32/h2-3,6-12,17-18,27-28H,4-5H2,1H3,(H,24,29)(H,26,30)(H,31,32)/b25-13-/t17-,18+/m0/s1. The molecule has 0 radical (unpaired) electrons. The van der Waals surface area contributed by atoms with Gasteiger partial charge in [0.1, 0.15) is 11.5 Å². The highest BCUT2D eigenvalue weighted by atomic mass is 16.4. The van der Waals surface area contributed by atoms with E-state index in [-0.39, 0.29) is 23.0 Å². The lowest BCUT2D eigenvalue weighted by atomic mass is 9.82. The summed E-state index contributed by atoms with van der Waals surface area (Å²) in [6, 6.07) is 10.3. The normalized spacial score (nSPS) is 18.1. The fourth-order valence-electron chi connectivity index (χ4n) is 3.37. The number of rotatable bonds is 6. The smallest absolute Gasteiger partial charge is 0.307 e. The van der Waals surface area contributed by atoms with Crippen LogP contribution in [0, 0.1) is 11.8 Å².